The van der Waals surface area contributed by atoms with Gasteiger partial charge >= 0.3 is 0 Å². The number of Topliss-reactive ketones (excluding diaryl/α,β-unsaturated/α-hetero) is 1. The molecule has 0 aliphatic carbocycles. The number of aliphatic hydroxyl groups excluding tert-OH is 1. The molecule has 0 radical (unpaired) electrons. The summed E-state index contributed by atoms with van der Waals surface area (Å²) < 4.78 is 13.4. The molecule has 0 bridgehead atoms. The third-order valence-corrected chi connectivity index (χ3v) is 5.83. The molecule has 0 amide bonds. The summed E-state index contributed by atoms with van der Waals surface area (Å²) in [4.78, 5) is 14.6. The van der Waals surface area contributed by atoms with Crippen molar-refractivity contribution in [3.63, 3.8) is 0 Å². The molecular weight excluding hydrogens is 392 g/mol. The molecule has 6 nitrogen and oxygen atoms in total. The molecule has 1 saturated heterocycles. The van der Waals surface area contributed by atoms with Crippen molar-refractivity contribution in [2.45, 2.75) is 26.9 Å². The number of ether oxygens (including phenoxy) is 2. The van der Waals surface area contributed by atoms with Crippen LogP contribution in [0.15, 0.2) is 42.5 Å². The van der Waals surface area contributed by atoms with Crippen molar-refractivity contribution in [3.05, 3.63) is 59.3 Å². The Morgan fingerprint density at radius 1 is 1.13 bits per heavy atom. The molecule has 164 valence electrons. The van der Waals surface area contributed by atoms with E-state index in [4.69, 9.17) is 9.47 Å². The Kier molecular flexibility index (Phi) is 6.41. The van der Waals surface area contributed by atoms with Crippen molar-refractivity contribution in [2.24, 2.45) is 0 Å². The Bertz CT molecular complexity index is 1070. The molecule has 1 aliphatic rings. The Morgan fingerprint density at radius 2 is 1.84 bits per heavy atom. The first-order valence-electron chi connectivity index (χ1n) is 10.8. The molecule has 2 heterocycles. The van der Waals surface area contributed by atoms with Crippen molar-refractivity contribution in [1.29, 1.82) is 0 Å². The number of nitrogens with zero attached hydrogens (tertiary/aromatic N) is 2. The van der Waals surface area contributed by atoms with E-state index in [1.807, 2.05) is 25.1 Å². The molecule has 1 atom stereocenters. The third-order valence-electron chi connectivity index (χ3n) is 5.83. The zero-order valence-corrected chi connectivity index (χ0v) is 18.4. The number of morpholine rings is 1. The molecule has 0 saturated carbocycles. The number of rotatable bonds is 7. The third kappa shape index (κ3) is 4.66. The molecule has 4 rings (SSSR count). The van der Waals surface area contributed by atoms with Crippen LogP contribution in [0.5, 0.6) is 5.75 Å². The number of carbonyl (C=O) groups excluding carboxylic acids is 1. The van der Waals surface area contributed by atoms with Crippen LogP contribution >= 0.6 is 0 Å². The molecule has 0 spiro atoms. The van der Waals surface area contributed by atoms with Crippen LogP contribution in [0.3, 0.4) is 0 Å². The van der Waals surface area contributed by atoms with Gasteiger partial charge in [0.2, 0.25) is 0 Å². The quantitative estimate of drug-likeness (QED) is 0.590. The number of aromatic nitrogens is 1. The zero-order valence-electron chi connectivity index (χ0n) is 18.4. The fraction of sp³-hybridized carbons (Fsp3) is 0.400. The van der Waals surface area contributed by atoms with Gasteiger partial charge in [0.1, 0.15) is 18.5 Å². The Hall–Kier alpha value is -2.67. The van der Waals surface area contributed by atoms with Gasteiger partial charge in [0.05, 0.1) is 18.7 Å². The second-order valence-corrected chi connectivity index (χ2v) is 8.24. The summed E-state index contributed by atoms with van der Waals surface area (Å²) in [6.45, 7) is 9.47. The van der Waals surface area contributed by atoms with Gasteiger partial charge in [0.25, 0.3) is 0 Å². The highest BCUT2D eigenvalue weighted by Crippen LogP contribution is 2.32. The van der Waals surface area contributed by atoms with Crippen LogP contribution < -0.4 is 4.74 Å². The highest BCUT2D eigenvalue weighted by molar-refractivity contribution is 6.09. The minimum Gasteiger partial charge on any atom is -0.491 e. The van der Waals surface area contributed by atoms with Gasteiger partial charge in [0.15, 0.2) is 5.78 Å². The minimum absolute atomic E-state index is 0.0258. The highest BCUT2D eigenvalue weighted by atomic mass is 16.5. The lowest BCUT2D eigenvalue weighted by Crippen LogP contribution is -2.42. The van der Waals surface area contributed by atoms with Crippen LogP contribution in [0, 0.1) is 13.8 Å². The number of aryl methyl sites for hydroxylation is 1. The van der Waals surface area contributed by atoms with E-state index in [2.05, 4.69) is 40.7 Å². The average molecular weight is 423 g/mol. The molecule has 1 N–H and O–H groups in total. The molecule has 31 heavy (non-hydrogen) atoms. The Balaban J connectivity index is 1.58. The lowest BCUT2D eigenvalue weighted by Gasteiger charge is -2.28. The number of benzene rings is 2. The standard InChI is InChI=1S/C25H30N2O4/c1-17-4-6-20(7-5-17)27-18(2)25(19(3)28)23-14-22(8-9-24(23)27)31-16-21(29)15-26-10-12-30-13-11-26/h4-9,14,21,29H,10-13,15-16H2,1-3H3/t21-/m1/s1. The fourth-order valence-electron chi connectivity index (χ4n) is 4.29. The maximum Gasteiger partial charge on any atom is 0.162 e. The minimum atomic E-state index is -0.583. The summed E-state index contributed by atoms with van der Waals surface area (Å²) in [5.41, 5.74) is 4.80. The van der Waals surface area contributed by atoms with Crippen molar-refractivity contribution in [1.82, 2.24) is 9.47 Å². The molecule has 1 aromatic heterocycles. The van der Waals surface area contributed by atoms with Gasteiger partial charge in [-0.2, -0.15) is 0 Å². The van der Waals surface area contributed by atoms with Crippen LogP contribution in [0.4, 0.5) is 0 Å². The van der Waals surface area contributed by atoms with E-state index in [1.54, 1.807) is 6.92 Å². The molecule has 0 unspecified atom stereocenters. The predicted octanol–water partition coefficient (Wildman–Crippen LogP) is 3.52. The molecule has 6 heteroatoms. The van der Waals surface area contributed by atoms with Crippen LogP contribution in [-0.4, -0.2) is 65.9 Å². The average Bonchev–Trinajstić information content (AvgIpc) is 3.05. The van der Waals surface area contributed by atoms with Gasteiger partial charge in [-0.3, -0.25) is 9.69 Å². The van der Waals surface area contributed by atoms with Gasteiger partial charge in [-0.25, -0.2) is 0 Å². The molecule has 1 fully saturated rings. The summed E-state index contributed by atoms with van der Waals surface area (Å²) in [7, 11) is 0. The lowest BCUT2D eigenvalue weighted by molar-refractivity contribution is 0.00466. The largest absolute Gasteiger partial charge is 0.491 e. The predicted molar refractivity (Wildman–Crippen MR) is 122 cm³/mol. The van der Waals surface area contributed by atoms with Crippen molar-refractivity contribution in [3.8, 4) is 11.4 Å². The topological polar surface area (TPSA) is 63.9 Å². The number of ketones is 1. The fourth-order valence-corrected chi connectivity index (χ4v) is 4.29. The molecule has 1 aliphatic heterocycles. The summed E-state index contributed by atoms with van der Waals surface area (Å²) >= 11 is 0. The summed E-state index contributed by atoms with van der Waals surface area (Å²) in [6.07, 6.45) is -0.583. The maximum absolute atomic E-state index is 12.5. The highest BCUT2D eigenvalue weighted by Gasteiger charge is 2.20. The van der Waals surface area contributed by atoms with Gasteiger partial charge < -0.3 is 19.1 Å². The number of hydrogen-bond acceptors (Lipinski definition) is 5. The van der Waals surface area contributed by atoms with Crippen LogP contribution in [0.2, 0.25) is 0 Å². The van der Waals surface area contributed by atoms with Crippen LogP contribution in [0.25, 0.3) is 16.6 Å². The summed E-state index contributed by atoms with van der Waals surface area (Å²) in [6, 6.07) is 14.1. The second-order valence-electron chi connectivity index (χ2n) is 8.24. The maximum atomic E-state index is 12.5. The SMILES string of the molecule is CC(=O)c1c(C)n(-c2ccc(C)cc2)c2ccc(OC[C@H](O)CN3CCOCC3)cc12. The van der Waals surface area contributed by atoms with Gasteiger partial charge in [0, 0.05) is 42.0 Å². The Morgan fingerprint density at radius 3 is 2.52 bits per heavy atom. The van der Waals surface area contributed by atoms with Crippen molar-refractivity contribution >= 4 is 16.7 Å². The monoisotopic (exact) mass is 422 g/mol. The number of carbonyl (C=O) groups is 1. The summed E-state index contributed by atoms with van der Waals surface area (Å²) in [5.74, 6) is 0.676. The van der Waals surface area contributed by atoms with E-state index < -0.39 is 6.10 Å². The second kappa shape index (κ2) is 9.22. The van der Waals surface area contributed by atoms with Crippen LogP contribution in [-0.2, 0) is 4.74 Å². The van der Waals surface area contributed by atoms with Gasteiger partial charge in [-0.1, -0.05) is 17.7 Å². The van der Waals surface area contributed by atoms with E-state index in [-0.39, 0.29) is 12.4 Å². The van der Waals surface area contributed by atoms with E-state index >= 15 is 0 Å². The number of hydrogen-bond donors (Lipinski definition) is 1. The van der Waals surface area contributed by atoms with Gasteiger partial charge in [-0.05, 0) is 51.1 Å². The first-order chi connectivity index (χ1) is 14.9. The first-order valence-corrected chi connectivity index (χ1v) is 10.8. The molecule has 3 aromatic rings. The van der Waals surface area contributed by atoms with E-state index in [1.165, 1.54) is 5.56 Å². The molecule has 2 aromatic carbocycles. The smallest absolute Gasteiger partial charge is 0.162 e. The van der Waals surface area contributed by atoms with Crippen LogP contribution in [0.1, 0.15) is 28.5 Å². The number of aliphatic hydroxyl groups is 1. The first kappa shape index (κ1) is 21.6. The number of fused-ring (bicyclic) bond motifs is 1. The van der Waals surface area contributed by atoms with E-state index in [0.29, 0.717) is 31.1 Å². The normalized spacial score (nSPS) is 15.9. The van der Waals surface area contributed by atoms with Crippen molar-refractivity contribution in [2.75, 3.05) is 39.5 Å². The zero-order chi connectivity index (χ0) is 22.0. The van der Waals surface area contributed by atoms with Crippen molar-refractivity contribution < 1.29 is 19.4 Å². The number of β-amino-alcohol motifs (C(OH)–C–C–N with tert-alkyl or cyclic N) is 1. The van der Waals surface area contributed by atoms with E-state index in [9.17, 15) is 9.90 Å². The lowest BCUT2D eigenvalue weighted by atomic mass is 10.1. The summed E-state index contributed by atoms with van der Waals surface area (Å²) in [5, 5.41) is 11.2. The van der Waals surface area contributed by atoms with E-state index in [0.717, 1.165) is 35.4 Å². The Labute approximate surface area is 183 Å². The molecular formula is C25H30N2O4. The van der Waals surface area contributed by atoms with Gasteiger partial charge in [-0.15, -0.1) is 0 Å².